The molecule has 0 spiro atoms. The highest BCUT2D eigenvalue weighted by atomic mass is 16.3. The van der Waals surface area contributed by atoms with Gasteiger partial charge in [-0.15, -0.1) is 0 Å². The van der Waals surface area contributed by atoms with Crippen LogP contribution in [-0.2, 0) is 0 Å². The van der Waals surface area contributed by atoms with Crippen molar-refractivity contribution in [2.75, 3.05) is 0 Å². The van der Waals surface area contributed by atoms with E-state index in [4.69, 9.17) is 0 Å². The van der Waals surface area contributed by atoms with Gasteiger partial charge in [-0.3, -0.25) is 0 Å². The molecule has 1 N–H and O–H groups in total. The van der Waals surface area contributed by atoms with Crippen molar-refractivity contribution in [2.24, 2.45) is 10.2 Å². The van der Waals surface area contributed by atoms with Crippen molar-refractivity contribution >= 4 is 0 Å². The van der Waals surface area contributed by atoms with Gasteiger partial charge in [-0.1, -0.05) is 12.8 Å². The van der Waals surface area contributed by atoms with Crippen molar-refractivity contribution < 1.29 is 5.11 Å². The van der Waals surface area contributed by atoms with Crippen LogP contribution in [-0.4, -0.2) is 16.9 Å². The molecule has 0 aromatic carbocycles. The van der Waals surface area contributed by atoms with Crippen molar-refractivity contribution in [3.05, 3.63) is 0 Å². The highest BCUT2D eigenvalue weighted by Crippen LogP contribution is 2.34. The summed E-state index contributed by atoms with van der Waals surface area (Å²) in [5.74, 6) is 0. The summed E-state index contributed by atoms with van der Waals surface area (Å²) in [6.45, 7) is 0. The van der Waals surface area contributed by atoms with E-state index in [1.165, 1.54) is 25.7 Å². The van der Waals surface area contributed by atoms with Crippen LogP contribution in [0.5, 0.6) is 0 Å². The van der Waals surface area contributed by atoms with Gasteiger partial charge >= 0.3 is 0 Å². The molecule has 2 aliphatic rings. The molecule has 0 aromatic heterocycles. The third kappa shape index (κ3) is 1.66. The fraction of sp³-hybridized carbons (Fsp3) is 1.00. The molecule has 0 bridgehead atoms. The third-order valence-electron chi connectivity index (χ3n) is 2.89. The summed E-state index contributed by atoms with van der Waals surface area (Å²) < 4.78 is 0. The molecule has 12 heavy (non-hydrogen) atoms. The Bertz CT molecular complexity index is 181. The largest absolute Gasteiger partial charge is 0.368 e. The Morgan fingerprint density at radius 2 is 1.75 bits per heavy atom. The molecule has 3 heteroatoms. The SMILES string of the molecule is OC1(N=NC2CCCC2)CCC1. The normalized spacial score (nSPS) is 29.4. The van der Waals surface area contributed by atoms with E-state index in [1.807, 2.05) is 0 Å². The van der Waals surface area contributed by atoms with E-state index in [2.05, 4.69) is 10.2 Å². The molecule has 2 saturated carbocycles. The number of hydrogen-bond acceptors (Lipinski definition) is 3. The first kappa shape index (κ1) is 8.17. The minimum atomic E-state index is -0.761. The molecule has 2 rings (SSSR count). The van der Waals surface area contributed by atoms with E-state index < -0.39 is 5.72 Å². The van der Waals surface area contributed by atoms with Crippen LogP contribution in [0.1, 0.15) is 44.9 Å². The van der Waals surface area contributed by atoms with Crippen LogP contribution >= 0.6 is 0 Å². The Balaban J connectivity index is 1.83. The molecule has 0 amide bonds. The van der Waals surface area contributed by atoms with Crippen LogP contribution in [0.15, 0.2) is 10.2 Å². The second kappa shape index (κ2) is 3.13. The zero-order chi connectivity index (χ0) is 8.44. The van der Waals surface area contributed by atoms with E-state index in [-0.39, 0.29) is 0 Å². The molecule has 0 unspecified atom stereocenters. The molecule has 2 fully saturated rings. The maximum Gasteiger partial charge on any atom is 0.176 e. The number of azo groups is 1. The minimum Gasteiger partial charge on any atom is -0.368 e. The number of rotatable bonds is 2. The molecule has 0 aliphatic heterocycles. The van der Waals surface area contributed by atoms with Crippen LogP contribution in [0.3, 0.4) is 0 Å². The van der Waals surface area contributed by atoms with E-state index in [0.29, 0.717) is 6.04 Å². The van der Waals surface area contributed by atoms with E-state index in [1.54, 1.807) is 0 Å². The lowest BCUT2D eigenvalue weighted by Gasteiger charge is -2.31. The molecule has 3 nitrogen and oxygen atoms in total. The highest BCUT2D eigenvalue weighted by Gasteiger charge is 2.34. The van der Waals surface area contributed by atoms with Gasteiger partial charge in [-0.2, -0.15) is 10.2 Å². The summed E-state index contributed by atoms with van der Waals surface area (Å²) in [6, 6.07) is 0.412. The first-order valence-electron chi connectivity index (χ1n) is 4.93. The Hall–Kier alpha value is -0.440. The van der Waals surface area contributed by atoms with E-state index in [9.17, 15) is 5.11 Å². The summed E-state index contributed by atoms with van der Waals surface area (Å²) in [7, 11) is 0. The maximum absolute atomic E-state index is 9.61. The van der Waals surface area contributed by atoms with Gasteiger partial charge in [0.15, 0.2) is 5.72 Å². The summed E-state index contributed by atoms with van der Waals surface area (Å²) in [5.41, 5.74) is -0.761. The second-order valence-corrected chi connectivity index (χ2v) is 3.99. The quantitative estimate of drug-likeness (QED) is 0.631. The van der Waals surface area contributed by atoms with Crippen LogP contribution < -0.4 is 0 Å². The monoisotopic (exact) mass is 168 g/mol. The van der Waals surface area contributed by atoms with Gasteiger partial charge in [-0.05, 0) is 32.1 Å². The first-order valence-corrected chi connectivity index (χ1v) is 4.93. The summed E-state index contributed by atoms with van der Waals surface area (Å²) in [6.07, 6.45) is 7.61. The second-order valence-electron chi connectivity index (χ2n) is 3.99. The molecule has 0 radical (unpaired) electrons. The third-order valence-corrected chi connectivity index (χ3v) is 2.89. The van der Waals surface area contributed by atoms with Crippen LogP contribution in [0.4, 0.5) is 0 Å². The average molecular weight is 168 g/mol. The predicted molar refractivity (Wildman–Crippen MR) is 45.9 cm³/mol. The van der Waals surface area contributed by atoms with Crippen molar-refractivity contribution in [3.63, 3.8) is 0 Å². The molecule has 0 heterocycles. The van der Waals surface area contributed by atoms with Crippen LogP contribution in [0.25, 0.3) is 0 Å². The van der Waals surface area contributed by atoms with E-state index >= 15 is 0 Å². The zero-order valence-electron chi connectivity index (χ0n) is 7.37. The number of aliphatic hydroxyl groups is 1. The number of nitrogens with zero attached hydrogens (tertiary/aromatic N) is 2. The molecular formula is C9H16N2O. The Kier molecular flexibility index (Phi) is 2.13. The predicted octanol–water partition coefficient (Wildman–Crippen LogP) is 2.25. The summed E-state index contributed by atoms with van der Waals surface area (Å²) >= 11 is 0. The van der Waals surface area contributed by atoms with Crippen molar-refractivity contribution in [1.82, 2.24) is 0 Å². The standard InChI is InChI=1S/C9H16N2O/c12-9(6-3-7-9)11-10-8-4-1-2-5-8/h8,12H,1-7H2. The topological polar surface area (TPSA) is 45.0 Å². The van der Waals surface area contributed by atoms with Gasteiger partial charge in [0.05, 0.1) is 6.04 Å². The Labute approximate surface area is 72.9 Å². The summed E-state index contributed by atoms with van der Waals surface area (Å²) in [4.78, 5) is 0. The fourth-order valence-electron chi connectivity index (χ4n) is 1.80. The van der Waals surface area contributed by atoms with E-state index in [0.717, 1.165) is 19.3 Å². The molecule has 68 valence electrons. The molecule has 0 aromatic rings. The van der Waals surface area contributed by atoms with Crippen molar-refractivity contribution in [2.45, 2.75) is 56.7 Å². The average Bonchev–Trinajstić information content (AvgIpc) is 2.49. The summed E-state index contributed by atoms with van der Waals surface area (Å²) in [5, 5.41) is 17.8. The Morgan fingerprint density at radius 1 is 1.08 bits per heavy atom. The zero-order valence-corrected chi connectivity index (χ0v) is 7.37. The van der Waals surface area contributed by atoms with Crippen molar-refractivity contribution in [1.29, 1.82) is 0 Å². The van der Waals surface area contributed by atoms with Crippen LogP contribution in [0.2, 0.25) is 0 Å². The molecule has 0 atom stereocenters. The molecule has 0 saturated heterocycles. The highest BCUT2D eigenvalue weighted by molar-refractivity contribution is 4.84. The smallest absolute Gasteiger partial charge is 0.176 e. The molecular weight excluding hydrogens is 152 g/mol. The van der Waals surface area contributed by atoms with Gasteiger partial charge in [0, 0.05) is 0 Å². The Morgan fingerprint density at radius 3 is 2.25 bits per heavy atom. The first-order chi connectivity index (χ1) is 5.79. The lowest BCUT2D eigenvalue weighted by molar-refractivity contribution is -0.0322. The van der Waals surface area contributed by atoms with Gasteiger partial charge in [0.25, 0.3) is 0 Å². The van der Waals surface area contributed by atoms with Gasteiger partial charge in [-0.25, -0.2) is 0 Å². The minimum absolute atomic E-state index is 0.412. The lowest BCUT2D eigenvalue weighted by Crippen LogP contribution is -2.34. The van der Waals surface area contributed by atoms with Gasteiger partial charge < -0.3 is 5.11 Å². The maximum atomic E-state index is 9.61. The van der Waals surface area contributed by atoms with Gasteiger partial charge in [0.2, 0.25) is 0 Å². The van der Waals surface area contributed by atoms with Gasteiger partial charge in [0.1, 0.15) is 0 Å². The fourth-order valence-corrected chi connectivity index (χ4v) is 1.80. The molecule has 2 aliphatic carbocycles. The van der Waals surface area contributed by atoms with Crippen molar-refractivity contribution in [3.8, 4) is 0 Å². The lowest BCUT2D eigenvalue weighted by atomic mass is 9.89. The van der Waals surface area contributed by atoms with Crippen LogP contribution in [0, 0.1) is 0 Å². The number of hydrogen-bond donors (Lipinski definition) is 1.